The monoisotopic (exact) mass is 483 g/mol. The standard InChI is InChI=1S/C26H25N7O3/c1-2-24(35)29-17-9-10-27-22(13-17)25-20-5-3-4-6-21(20)31-26(32-25)30-18-7-8-23(28-14-18)33-11-12-36-19(15-33)16-34/h2-10,13-14,19,34H,1,11-12,15-16H2,(H,27,29,35)(H,30,31,32)/t19-/m0/s1. The number of carbonyl (C=O) groups is 1. The predicted molar refractivity (Wildman–Crippen MR) is 138 cm³/mol. The molecule has 0 saturated carbocycles. The van der Waals surface area contributed by atoms with E-state index in [-0.39, 0.29) is 18.6 Å². The fourth-order valence-corrected chi connectivity index (χ4v) is 3.97. The molecule has 1 atom stereocenters. The molecule has 1 aliphatic rings. The molecule has 0 unspecified atom stereocenters. The summed E-state index contributed by atoms with van der Waals surface area (Å²) in [4.78, 5) is 32.3. The molecule has 5 rings (SSSR count). The first-order valence-electron chi connectivity index (χ1n) is 11.5. The number of nitrogens with zero attached hydrogens (tertiary/aromatic N) is 5. The Morgan fingerprint density at radius 1 is 1.17 bits per heavy atom. The van der Waals surface area contributed by atoms with E-state index in [1.165, 1.54) is 6.08 Å². The van der Waals surface area contributed by atoms with Crippen molar-refractivity contribution in [3.63, 3.8) is 0 Å². The number of anilines is 4. The number of para-hydroxylation sites is 1. The summed E-state index contributed by atoms with van der Waals surface area (Å²) in [6.07, 6.45) is 4.35. The molecule has 1 aromatic carbocycles. The number of benzene rings is 1. The molecule has 1 fully saturated rings. The van der Waals surface area contributed by atoms with Gasteiger partial charge in [-0.1, -0.05) is 24.8 Å². The molecular formula is C26H25N7O3. The number of ether oxygens (including phenoxy) is 1. The number of amides is 1. The highest BCUT2D eigenvalue weighted by Crippen LogP contribution is 2.28. The number of nitrogens with one attached hydrogen (secondary N) is 2. The summed E-state index contributed by atoms with van der Waals surface area (Å²) < 4.78 is 5.52. The molecule has 4 heterocycles. The number of aromatic nitrogens is 4. The maximum atomic E-state index is 11.7. The fraction of sp³-hybridized carbons (Fsp3) is 0.192. The maximum Gasteiger partial charge on any atom is 0.247 e. The molecule has 4 aromatic rings. The number of hydrogen-bond donors (Lipinski definition) is 3. The van der Waals surface area contributed by atoms with E-state index in [1.54, 1.807) is 24.5 Å². The average Bonchev–Trinajstić information content (AvgIpc) is 2.93. The number of pyridine rings is 2. The van der Waals surface area contributed by atoms with Crippen LogP contribution in [0.1, 0.15) is 0 Å². The van der Waals surface area contributed by atoms with Crippen LogP contribution in [0, 0.1) is 0 Å². The van der Waals surface area contributed by atoms with Crippen molar-refractivity contribution in [2.45, 2.75) is 6.10 Å². The van der Waals surface area contributed by atoms with Crippen LogP contribution in [-0.2, 0) is 9.53 Å². The summed E-state index contributed by atoms with van der Waals surface area (Å²) in [6.45, 7) is 5.32. The zero-order chi connectivity index (χ0) is 24.9. The lowest BCUT2D eigenvalue weighted by atomic mass is 10.1. The second kappa shape index (κ2) is 10.5. The van der Waals surface area contributed by atoms with Crippen LogP contribution in [0.4, 0.5) is 23.1 Å². The highest BCUT2D eigenvalue weighted by Gasteiger charge is 2.20. The van der Waals surface area contributed by atoms with Crippen molar-refractivity contribution in [1.82, 2.24) is 19.9 Å². The predicted octanol–water partition coefficient (Wildman–Crippen LogP) is 3.15. The first-order valence-corrected chi connectivity index (χ1v) is 11.5. The van der Waals surface area contributed by atoms with E-state index < -0.39 is 0 Å². The SMILES string of the molecule is C=CC(=O)Nc1ccnc(-c2nc(Nc3ccc(N4CCO[C@H](CO)C4)nc3)nc3ccccc23)c1. The normalized spacial score (nSPS) is 15.5. The number of aliphatic hydroxyl groups excluding tert-OH is 1. The Morgan fingerprint density at radius 3 is 2.86 bits per heavy atom. The van der Waals surface area contributed by atoms with E-state index >= 15 is 0 Å². The molecule has 10 nitrogen and oxygen atoms in total. The van der Waals surface area contributed by atoms with Crippen molar-refractivity contribution in [2.75, 3.05) is 41.8 Å². The van der Waals surface area contributed by atoms with Gasteiger partial charge in [-0.2, -0.15) is 0 Å². The molecule has 10 heteroatoms. The fourth-order valence-electron chi connectivity index (χ4n) is 3.97. The van der Waals surface area contributed by atoms with Crippen LogP contribution in [0.25, 0.3) is 22.3 Å². The van der Waals surface area contributed by atoms with Gasteiger partial charge in [-0.15, -0.1) is 0 Å². The highest BCUT2D eigenvalue weighted by molar-refractivity contribution is 5.99. The summed E-state index contributed by atoms with van der Waals surface area (Å²) in [5.74, 6) is 0.902. The Hall–Kier alpha value is -4.41. The van der Waals surface area contributed by atoms with Gasteiger partial charge in [0.15, 0.2) is 0 Å². The first-order chi connectivity index (χ1) is 17.6. The van der Waals surface area contributed by atoms with Crippen LogP contribution >= 0.6 is 0 Å². The Morgan fingerprint density at radius 2 is 2.06 bits per heavy atom. The molecule has 0 spiro atoms. The summed E-state index contributed by atoms with van der Waals surface area (Å²) in [5.41, 5.74) is 3.30. The molecule has 0 bridgehead atoms. The minimum atomic E-state index is -0.304. The summed E-state index contributed by atoms with van der Waals surface area (Å²) in [6, 6.07) is 15.0. The molecule has 1 saturated heterocycles. The van der Waals surface area contributed by atoms with E-state index in [4.69, 9.17) is 9.72 Å². The molecule has 1 aliphatic heterocycles. The molecule has 1 amide bonds. The minimum absolute atomic E-state index is 0.0177. The number of carbonyl (C=O) groups excluding carboxylic acids is 1. The second-order valence-corrected chi connectivity index (χ2v) is 8.19. The zero-order valence-electron chi connectivity index (χ0n) is 19.5. The van der Waals surface area contributed by atoms with Gasteiger partial charge in [-0.25, -0.2) is 15.0 Å². The van der Waals surface area contributed by atoms with Gasteiger partial charge in [0.2, 0.25) is 11.9 Å². The Bertz CT molecular complexity index is 1390. The lowest BCUT2D eigenvalue weighted by molar-refractivity contribution is -0.111. The van der Waals surface area contributed by atoms with Crippen molar-refractivity contribution in [1.29, 1.82) is 0 Å². The van der Waals surface area contributed by atoms with E-state index in [9.17, 15) is 9.90 Å². The van der Waals surface area contributed by atoms with Gasteiger partial charge in [0.05, 0.1) is 42.4 Å². The van der Waals surface area contributed by atoms with E-state index in [2.05, 4.69) is 37.1 Å². The van der Waals surface area contributed by atoms with Crippen LogP contribution in [0.2, 0.25) is 0 Å². The molecule has 182 valence electrons. The van der Waals surface area contributed by atoms with Crippen LogP contribution < -0.4 is 15.5 Å². The van der Waals surface area contributed by atoms with Crippen molar-refractivity contribution >= 4 is 40.0 Å². The van der Waals surface area contributed by atoms with Gasteiger partial charge < -0.3 is 25.4 Å². The molecule has 3 aromatic heterocycles. The zero-order valence-corrected chi connectivity index (χ0v) is 19.5. The first kappa shape index (κ1) is 23.3. The lowest BCUT2D eigenvalue weighted by Crippen LogP contribution is -2.44. The Labute approximate surface area is 207 Å². The van der Waals surface area contributed by atoms with Gasteiger partial charge in [0.1, 0.15) is 11.5 Å². The largest absolute Gasteiger partial charge is 0.394 e. The summed E-state index contributed by atoms with van der Waals surface area (Å²) in [5, 5.41) is 16.2. The van der Waals surface area contributed by atoms with Crippen molar-refractivity contribution < 1.29 is 14.6 Å². The van der Waals surface area contributed by atoms with Gasteiger partial charge >= 0.3 is 0 Å². The van der Waals surface area contributed by atoms with Gasteiger partial charge in [0.25, 0.3) is 0 Å². The van der Waals surface area contributed by atoms with Gasteiger partial charge in [-0.3, -0.25) is 9.78 Å². The maximum absolute atomic E-state index is 11.7. The lowest BCUT2D eigenvalue weighted by Gasteiger charge is -2.32. The third kappa shape index (κ3) is 5.14. The van der Waals surface area contributed by atoms with Crippen LogP contribution in [0.5, 0.6) is 0 Å². The minimum Gasteiger partial charge on any atom is -0.394 e. The van der Waals surface area contributed by atoms with Crippen molar-refractivity contribution in [3.8, 4) is 11.4 Å². The molecule has 36 heavy (non-hydrogen) atoms. The number of aliphatic hydroxyl groups is 1. The molecular weight excluding hydrogens is 458 g/mol. The van der Waals surface area contributed by atoms with Crippen LogP contribution in [-0.4, -0.2) is 63.4 Å². The Balaban J connectivity index is 1.43. The van der Waals surface area contributed by atoms with E-state index in [0.717, 1.165) is 22.4 Å². The average molecular weight is 484 g/mol. The number of fused-ring (bicyclic) bond motifs is 1. The third-order valence-electron chi connectivity index (χ3n) is 5.73. The third-order valence-corrected chi connectivity index (χ3v) is 5.73. The van der Waals surface area contributed by atoms with Crippen LogP contribution in [0.3, 0.4) is 0 Å². The topological polar surface area (TPSA) is 125 Å². The quantitative estimate of drug-likeness (QED) is 0.340. The van der Waals surface area contributed by atoms with Crippen molar-refractivity contribution in [2.24, 2.45) is 0 Å². The Kier molecular flexibility index (Phi) is 6.78. The van der Waals surface area contributed by atoms with Gasteiger partial charge in [-0.05, 0) is 36.4 Å². The van der Waals surface area contributed by atoms with E-state index in [0.29, 0.717) is 42.7 Å². The van der Waals surface area contributed by atoms with Crippen LogP contribution in [0.15, 0.2) is 73.6 Å². The molecule has 3 N–H and O–H groups in total. The smallest absolute Gasteiger partial charge is 0.247 e. The number of morpholine rings is 1. The number of hydrogen-bond acceptors (Lipinski definition) is 9. The van der Waals surface area contributed by atoms with E-state index in [1.807, 2.05) is 36.4 Å². The highest BCUT2D eigenvalue weighted by atomic mass is 16.5. The molecule has 0 aliphatic carbocycles. The van der Waals surface area contributed by atoms with Crippen molar-refractivity contribution in [3.05, 3.63) is 73.6 Å². The summed E-state index contributed by atoms with van der Waals surface area (Å²) >= 11 is 0. The van der Waals surface area contributed by atoms with Gasteiger partial charge in [0, 0.05) is 30.4 Å². The molecule has 0 radical (unpaired) electrons. The second-order valence-electron chi connectivity index (χ2n) is 8.19. The summed E-state index contributed by atoms with van der Waals surface area (Å²) in [7, 11) is 0. The number of rotatable bonds is 7.